The summed E-state index contributed by atoms with van der Waals surface area (Å²) in [5.74, 6) is -0.260. The number of hydrogen-bond donors (Lipinski definition) is 1. The Morgan fingerprint density at radius 3 is 2.88 bits per heavy atom. The van der Waals surface area contributed by atoms with Crippen LogP contribution >= 0.6 is 0 Å². The Morgan fingerprint density at radius 2 is 2.08 bits per heavy atom. The van der Waals surface area contributed by atoms with Crippen LogP contribution in [0, 0.1) is 5.92 Å². The summed E-state index contributed by atoms with van der Waals surface area (Å²) in [6.07, 6.45) is 6.99. The van der Waals surface area contributed by atoms with Crippen molar-refractivity contribution < 1.29 is 9.90 Å². The maximum absolute atomic E-state index is 12.4. The molecule has 24 heavy (non-hydrogen) atoms. The highest BCUT2D eigenvalue weighted by Gasteiger charge is 2.44. The molecule has 0 spiro atoms. The Labute approximate surface area is 139 Å². The number of likely N-dealkylation sites (tertiary alicyclic amines) is 1. The van der Waals surface area contributed by atoms with E-state index in [1.54, 1.807) is 18.3 Å². The lowest BCUT2D eigenvalue weighted by molar-refractivity contribution is -0.142. The molecule has 2 aliphatic rings. The molecular weight excluding hydrogens is 308 g/mol. The van der Waals surface area contributed by atoms with Gasteiger partial charge in [0.25, 0.3) is 0 Å². The summed E-state index contributed by atoms with van der Waals surface area (Å²) in [4.78, 5) is 26.1. The van der Waals surface area contributed by atoms with Gasteiger partial charge in [-0.25, -0.2) is 9.48 Å². The zero-order chi connectivity index (χ0) is 16.7. The van der Waals surface area contributed by atoms with Crippen LogP contribution in [0.4, 0.5) is 0 Å². The lowest BCUT2D eigenvalue weighted by atomic mass is 9.85. The summed E-state index contributed by atoms with van der Waals surface area (Å²) in [6.45, 7) is 0.982. The predicted molar refractivity (Wildman–Crippen MR) is 87.9 cm³/mol. The summed E-state index contributed by atoms with van der Waals surface area (Å²) in [5, 5.41) is 13.9. The smallest absolute Gasteiger partial charge is 0.350 e. The Kier molecular flexibility index (Phi) is 3.88. The van der Waals surface area contributed by atoms with Crippen LogP contribution < -0.4 is 5.69 Å². The number of aliphatic carboxylic acids is 1. The molecular formula is C17H22N4O3. The second kappa shape index (κ2) is 6.05. The van der Waals surface area contributed by atoms with Gasteiger partial charge >= 0.3 is 11.7 Å². The topological polar surface area (TPSA) is 79.8 Å². The number of nitrogens with zero attached hydrogens (tertiary/aromatic N) is 4. The van der Waals surface area contributed by atoms with E-state index < -0.39 is 12.0 Å². The highest BCUT2D eigenvalue weighted by molar-refractivity contribution is 5.74. The lowest BCUT2D eigenvalue weighted by Gasteiger charge is -2.32. The molecule has 0 bridgehead atoms. The second-order valence-corrected chi connectivity index (χ2v) is 6.87. The highest BCUT2D eigenvalue weighted by Crippen LogP contribution is 2.39. The number of carboxylic acids is 1. The van der Waals surface area contributed by atoms with Crippen LogP contribution in [-0.4, -0.2) is 48.8 Å². The maximum atomic E-state index is 12.4. The van der Waals surface area contributed by atoms with Crippen molar-refractivity contribution in [2.24, 2.45) is 5.92 Å². The fourth-order valence-electron chi connectivity index (χ4n) is 4.44. The van der Waals surface area contributed by atoms with Crippen LogP contribution in [0.1, 0.15) is 32.1 Å². The molecule has 1 aliphatic carbocycles. The minimum Gasteiger partial charge on any atom is -0.480 e. The molecule has 1 N–H and O–H groups in total. The van der Waals surface area contributed by atoms with Crippen LogP contribution in [0.25, 0.3) is 5.65 Å². The largest absolute Gasteiger partial charge is 0.480 e. The van der Waals surface area contributed by atoms with Crippen molar-refractivity contribution in [2.45, 2.75) is 50.7 Å². The van der Waals surface area contributed by atoms with Crippen molar-refractivity contribution in [1.29, 1.82) is 0 Å². The second-order valence-electron chi connectivity index (χ2n) is 6.87. The Balaban J connectivity index is 1.55. The van der Waals surface area contributed by atoms with Crippen molar-refractivity contribution >= 4 is 11.6 Å². The minimum absolute atomic E-state index is 0.170. The number of rotatable bonds is 4. The van der Waals surface area contributed by atoms with Gasteiger partial charge in [0.05, 0.1) is 6.54 Å². The van der Waals surface area contributed by atoms with E-state index in [4.69, 9.17) is 0 Å². The monoisotopic (exact) mass is 330 g/mol. The molecule has 128 valence electrons. The molecule has 1 saturated heterocycles. The van der Waals surface area contributed by atoms with E-state index in [1.165, 1.54) is 15.5 Å². The highest BCUT2D eigenvalue weighted by atomic mass is 16.4. The maximum Gasteiger partial charge on any atom is 0.350 e. The van der Waals surface area contributed by atoms with Crippen molar-refractivity contribution in [3.8, 4) is 0 Å². The third kappa shape index (κ3) is 2.53. The van der Waals surface area contributed by atoms with Crippen molar-refractivity contribution in [3.63, 3.8) is 0 Å². The van der Waals surface area contributed by atoms with E-state index in [0.29, 0.717) is 30.7 Å². The van der Waals surface area contributed by atoms with Gasteiger partial charge in [0, 0.05) is 18.8 Å². The minimum atomic E-state index is -0.744. The first kappa shape index (κ1) is 15.4. The van der Waals surface area contributed by atoms with Gasteiger partial charge in [-0.3, -0.25) is 14.1 Å². The summed E-state index contributed by atoms with van der Waals surface area (Å²) in [7, 11) is 0. The Hall–Kier alpha value is -2.15. The van der Waals surface area contributed by atoms with Crippen LogP contribution in [0.2, 0.25) is 0 Å². The van der Waals surface area contributed by atoms with Crippen LogP contribution in [-0.2, 0) is 11.3 Å². The lowest BCUT2D eigenvalue weighted by Crippen LogP contribution is -2.44. The number of hydrogen-bond acceptors (Lipinski definition) is 4. The molecule has 1 saturated carbocycles. The molecule has 0 radical (unpaired) electrons. The Bertz CT molecular complexity index is 812. The SMILES string of the molecule is O=C(O)[C@@H]1C[C@@H]2CCCC[C@H]2N1CCn1nc2ccccn2c1=O. The molecule has 2 fully saturated rings. The first-order valence-electron chi connectivity index (χ1n) is 8.68. The van der Waals surface area contributed by atoms with Crippen LogP contribution in [0.3, 0.4) is 0 Å². The van der Waals surface area contributed by atoms with Gasteiger partial charge in [-0.05, 0) is 37.3 Å². The van der Waals surface area contributed by atoms with Crippen LogP contribution in [0.5, 0.6) is 0 Å². The van der Waals surface area contributed by atoms with E-state index in [-0.39, 0.29) is 5.69 Å². The predicted octanol–water partition coefficient (Wildman–Crippen LogP) is 1.21. The summed E-state index contributed by atoms with van der Waals surface area (Å²) < 4.78 is 2.96. The van der Waals surface area contributed by atoms with E-state index in [1.807, 2.05) is 6.07 Å². The molecule has 3 atom stereocenters. The van der Waals surface area contributed by atoms with Crippen molar-refractivity contribution in [1.82, 2.24) is 19.1 Å². The molecule has 2 aromatic rings. The first-order chi connectivity index (χ1) is 11.6. The van der Waals surface area contributed by atoms with Crippen molar-refractivity contribution in [2.75, 3.05) is 6.54 Å². The zero-order valence-electron chi connectivity index (χ0n) is 13.5. The normalized spacial score (nSPS) is 27.4. The third-order valence-corrected chi connectivity index (χ3v) is 5.56. The van der Waals surface area contributed by atoms with E-state index >= 15 is 0 Å². The standard InChI is InChI=1S/C17H22N4O3/c22-16(23)14-11-12-5-1-2-6-13(12)19(14)9-10-21-17(24)20-8-4-3-7-15(20)18-21/h3-4,7-8,12-14H,1-2,5-6,9-11H2,(H,22,23)/t12-,13+,14-/m0/s1. The van der Waals surface area contributed by atoms with E-state index in [9.17, 15) is 14.7 Å². The van der Waals surface area contributed by atoms with Gasteiger partial charge in [-0.15, -0.1) is 5.10 Å². The Morgan fingerprint density at radius 1 is 1.25 bits per heavy atom. The van der Waals surface area contributed by atoms with E-state index in [0.717, 1.165) is 25.7 Å². The van der Waals surface area contributed by atoms with Gasteiger partial charge in [0.1, 0.15) is 6.04 Å². The quantitative estimate of drug-likeness (QED) is 0.911. The zero-order valence-corrected chi connectivity index (χ0v) is 13.5. The van der Waals surface area contributed by atoms with Gasteiger partial charge in [-0.2, -0.15) is 0 Å². The number of pyridine rings is 1. The summed E-state index contributed by atoms with van der Waals surface area (Å²) >= 11 is 0. The number of aromatic nitrogens is 3. The van der Waals surface area contributed by atoms with E-state index in [2.05, 4.69) is 10.00 Å². The van der Waals surface area contributed by atoms with Gasteiger partial charge in [-0.1, -0.05) is 18.9 Å². The molecule has 4 rings (SSSR count). The molecule has 0 unspecified atom stereocenters. The average Bonchev–Trinajstić information content (AvgIpc) is 3.12. The molecule has 3 heterocycles. The third-order valence-electron chi connectivity index (χ3n) is 5.56. The fraction of sp³-hybridized carbons (Fsp3) is 0.588. The van der Waals surface area contributed by atoms with Gasteiger partial charge in [0.15, 0.2) is 5.65 Å². The molecule has 0 amide bonds. The molecule has 7 nitrogen and oxygen atoms in total. The van der Waals surface area contributed by atoms with Gasteiger partial charge < -0.3 is 5.11 Å². The molecule has 2 aromatic heterocycles. The summed E-state index contributed by atoms with van der Waals surface area (Å²) in [6, 6.07) is 5.36. The van der Waals surface area contributed by atoms with Crippen LogP contribution in [0.15, 0.2) is 29.2 Å². The summed E-state index contributed by atoms with van der Waals surface area (Å²) in [5.41, 5.74) is 0.450. The number of fused-ring (bicyclic) bond motifs is 2. The van der Waals surface area contributed by atoms with Crippen molar-refractivity contribution in [3.05, 3.63) is 34.9 Å². The average molecular weight is 330 g/mol. The molecule has 0 aromatic carbocycles. The number of carbonyl (C=O) groups is 1. The first-order valence-corrected chi connectivity index (χ1v) is 8.68. The fourth-order valence-corrected chi connectivity index (χ4v) is 4.44. The molecule has 7 heteroatoms. The molecule has 1 aliphatic heterocycles. The van der Waals surface area contributed by atoms with Gasteiger partial charge in [0.2, 0.25) is 0 Å². The number of carboxylic acid groups (broad SMARTS) is 1.